The highest BCUT2D eigenvalue weighted by atomic mass is 16.5. The fourth-order valence-corrected chi connectivity index (χ4v) is 2.21. The smallest absolute Gasteiger partial charge is 0.337 e. The molecule has 0 unspecified atom stereocenters. The van der Waals surface area contributed by atoms with E-state index in [0.717, 1.165) is 11.4 Å². The van der Waals surface area contributed by atoms with Crippen molar-refractivity contribution in [2.24, 2.45) is 0 Å². The summed E-state index contributed by atoms with van der Waals surface area (Å²) in [5, 5.41) is 16.7. The van der Waals surface area contributed by atoms with Crippen molar-refractivity contribution < 1.29 is 14.3 Å². The molecular weight excluding hydrogens is 336 g/mol. The number of carbonyl (C=O) groups excluding carboxylic acids is 2. The molecule has 1 heterocycles. The fraction of sp³-hybridized carbons (Fsp3) is 0.118. The van der Waals surface area contributed by atoms with E-state index in [1.165, 1.54) is 18.1 Å². The average molecular weight is 352 g/mol. The third kappa shape index (κ3) is 4.20. The van der Waals surface area contributed by atoms with Crippen molar-refractivity contribution in [1.29, 1.82) is 0 Å². The van der Waals surface area contributed by atoms with Gasteiger partial charge >= 0.3 is 5.97 Å². The molecule has 0 spiro atoms. The maximum Gasteiger partial charge on any atom is 0.337 e. The van der Waals surface area contributed by atoms with Gasteiger partial charge < -0.3 is 15.4 Å². The zero-order chi connectivity index (χ0) is 18.4. The fourth-order valence-electron chi connectivity index (χ4n) is 2.21. The molecule has 0 aliphatic carbocycles. The van der Waals surface area contributed by atoms with Gasteiger partial charge in [0.2, 0.25) is 5.91 Å². The van der Waals surface area contributed by atoms with Crippen molar-refractivity contribution in [1.82, 2.24) is 20.2 Å². The van der Waals surface area contributed by atoms with Gasteiger partial charge in [0, 0.05) is 11.4 Å². The molecule has 132 valence electrons. The van der Waals surface area contributed by atoms with E-state index in [9.17, 15) is 9.59 Å². The number of esters is 1. The van der Waals surface area contributed by atoms with Crippen molar-refractivity contribution >= 4 is 23.3 Å². The SMILES string of the molecule is COC(=O)c1ccc(NC(=O)CNc2ccc(-n3cnnn3)cc2)cc1. The second-order valence-corrected chi connectivity index (χ2v) is 5.27. The van der Waals surface area contributed by atoms with E-state index in [4.69, 9.17) is 0 Å². The van der Waals surface area contributed by atoms with E-state index in [1.54, 1.807) is 24.3 Å². The summed E-state index contributed by atoms with van der Waals surface area (Å²) in [6.45, 7) is 0.100. The summed E-state index contributed by atoms with van der Waals surface area (Å²) in [6, 6.07) is 13.8. The zero-order valence-corrected chi connectivity index (χ0v) is 13.9. The Morgan fingerprint density at radius 2 is 1.73 bits per heavy atom. The molecule has 0 atom stereocenters. The molecule has 9 nitrogen and oxygen atoms in total. The third-order valence-electron chi connectivity index (χ3n) is 3.52. The molecule has 0 saturated carbocycles. The molecule has 3 rings (SSSR count). The van der Waals surface area contributed by atoms with Crippen LogP contribution in [0.2, 0.25) is 0 Å². The van der Waals surface area contributed by atoms with Crippen molar-refractivity contribution in [3.05, 3.63) is 60.4 Å². The Morgan fingerprint density at radius 3 is 2.35 bits per heavy atom. The summed E-state index contributed by atoms with van der Waals surface area (Å²) in [7, 11) is 1.32. The van der Waals surface area contributed by atoms with Gasteiger partial charge in [-0.3, -0.25) is 4.79 Å². The topological polar surface area (TPSA) is 111 Å². The standard InChI is InChI=1S/C17H16N6O3/c1-26-17(25)12-2-4-14(5-3-12)20-16(24)10-18-13-6-8-15(9-7-13)23-11-19-21-22-23/h2-9,11,18H,10H2,1H3,(H,20,24). The predicted molar refractivity (Wildman–Crippen MR) is 94.1 cm³/mol. The van der Waals surface area contributed by atoms with Crippen molar-refractivity contribution in [3.63, 3.8) is 0 Å². The number of nitrogens with one attached hydrogen (secondary N) is 2. The van der Waals surface area contributed by atoms with Crippen LogP contribution in [0.5, 0.6) is 0 Å². The summed E-state index contributed by atoms with van der Waals surface area (Å²) in [4.78, 5) is 23.4. The highest BCUT2D eigenvalue weighted by Gasteiger charge is 2.06. The van der Waals surface area contributed by atoms with Crippen LogP contribution in [-0.2, 0) is 9.53 Å². The van der Waals surface area contributed by atoms with Crippen LogP contribution in [0.1, 0.15) is 10.4 Å². The summed E-state index contributed by atoms with van der Waals surface area (Å²) in [5.41, 5.74) is 2.62. The first-order chi connectivity index (χ1) is 12.7. The Morgan fingerprint density at radius 1 is 1.04 bits per heavy atom. The molecule has 0 fully saturated rings. The molecule has 1 amide bonds. The van der Waals surface area contributed by atoms with Gasteiger partial charge in [0.1, 0.15) is 6.33 Å². The molecule has 0 saturated heterocycles. The number of hydrogen-bond donors (Lipinski definition) is 2. The lowest BCUT2D eigenvalue weighted by Gasteiger charge is -2.09. The molecule has 0 aliphatic heterocycles. The number of anilines is 2. The number of aromatic nitrogens is 4. The van der Waals surface area contributed by atoms with E-state index < -0.39 is 5.97 Å². The highest BCUT2D eigenvalue weighted by Crippen LogP contribution is 2.13. The first-order valence-electron chi connectivity index (χ1n) is 7.71. The van der Waals surface area contributed by atoms with Crippen LogP contribution < -0.4 is 10.6 Å². The van der Waals surface area contributed by atoms with Gasteiger partial charge in [-0.25, -0.2) is 9.48 Å². The Hall–Kier alpha value is -3.75. The predicted octanol–water partition coefficient (Wildman–Crippen LogP) is 1.50. The maximum absolute atomic E-state index is 12.0. The van der Waals surface area contributed by atoms with Gasteiger partial charge in [0.25, 0.3) is 0 Å². The van der Waals surface area contributed by atoms with Gasteiger partial charge in [-0.2, -0.15) is 0 Å². The molecule has 0 bridgehead atoms. The van der Waals surface area contributed by atoms with Crippen LogP contribution in [0.15, 0.2) is 54.9 Å². The Bertz CT molecular complexity index is 876. The van der Waals surface area contributed by atoms with E-state index in [2.05, 4.69) is 30.9 Å². The van der Waals surface area contributed by atoms with E-state index in [0.29, 0.717) is 11.3 Å². The van der Waals surface area contributed by atoms with Gasteiger partial charge in [0.15, 0.2) is 0 Å². The molecule has 2 aromatic carbocycles. The zero-order valence-electron chi connectivity index (χ0n) is 13.9. The molecule has 3 aromatic rings. The Labute approximate surface area is 149 Å². The number of methoxy groups -OCH3 is 1. The van der Waals surface area contributed by atoms with Crippen LogP contribution in [0.4, 0.5) is 11.4 Å². The van der Waals surface area contributed by atoms with E-state index in [-0.39, 0.29) is 12.5 Å². The number of tetrazole rings is 1. The number of benzene rings is 2. The van der Waals surface area contributed by atoms with Gasteiger partial charge in [-0.1, -0.05) is 0 Å². The minimum absolute atomic E-state index is 0.100. The van der Waals surface area contributed by atoms with Crippen LogP contribution >= 0.6 is 0 Å². The molecule has 0 aliphatic rings. The Kier molecular flexibility index (Phi) is 5.18. The minimum atomic E-state index is -0.422. The minimum Gasteiger partial charge on any atom is -0.465 e. The number of carbonyl (C=O) groups is 2. The van der Waals surface area contributed by atoms with Crippen molar-refractivity contribution in [2.75, 3.05) is 24.3 Å². The third-order valence-corrected chi connectivity index (χ3v) is 3.52. The molecule has 0 radical (unpaired) electrons. The molecule has 1 aromatic heterocycles. The van der Waals surface area contributed by atoms with Crippen molar-refractivity contribution in [2.45, 2.75) is 0 Å². The number of nitrogens with zero attached hydrogens (tertiary/aromatic N) is 4. The largest absolute Gasteiger partial charge is 0.465 e. The summed E-state index contributed by atoms with van der Waals surface area (Å²) < 4.78 is 6.16. The highest BCUT2D eigenvalue weighted by molar-refractivity contribution is 5.95. The quantitative estimate of drug-likeness (QED) is 0.647. The first kappa shape index (κ1) is 17.1. The van der Waals surface area contributed by atoms with Gasteiger partial charge in [-0.05, 0) is 59.0 Å². The molecule has 2 N–H and O–H groups in total. The lowest BCUT2D eigenvalue weighted by Crippen LogP contribution is -2.21. The van der Waals surface area contributed by atoms with Gasteiger partial charge in [-0.15, -0.1) is 5.10 Å². The number of ether oxygens (including phenoxy) is 1. The molecule has 9 heteroatoms. The van der Waals surface area contributed by atoms with Crippen LogP contribution in [0, 0.1) is 0 Å². The lowest BCUT2D eigenvalue weighted by molar-refractivity contribution is -0.114. The maximum atomic E-state index is 12.0. The number of rotatable bonds is 6. The average Bonchev–Trinajstić information content (AvgIpc) is 3.21. The first-order valence-corrected chi connectivity index (χ1v) is 7.71. The monoisotopic (exact) mass is 352 g/mol. The second-order valence-electron chi connectivity index (χ2n) is 5.27. The van der Waals surface area contributed by atoms with Crippen LogP contribution in [0.3, 0.4) is 0 Å². The second kappa shape index (κ2) is 7.88. The van der Waals surface area contributed by atoms with E-state index in [1.807, 2.05) is 24.3 Å². The van der Waals surface area contributed by atoms with Crippen LogP contribution in [-0.4, -0.2) is 45.7 Å². The van der Waals surface area contributed by atoms with Gasteiger partial charge in [0.05, 0.1) is 24.9 Å². The number of hydrogen-bond acceptors (Lipinski definition) is 7. The summed E-state index contributed by atoms with van der Waals surface area (Å²) in [6.07, 6.45) is 1.50. The summed E-state index contributed by atoms with van der Waals surface area (Å²) >= 11 is 0. The number of amides is 1. The molecular formula is C17H16N6O3. The normalized spacial score (nSPS) is 10.2. The van der Waals surface area contributed by atoms with E-state index >= 15 is 0 Å². The van der Waals surface area contributed by atoms with Crippen molar-refractivity contribution in [3.8, 4) is 5.69 Å². The molecule has 26 heavy (non-hydrogen) atoms. The lowest BCUT2D eigenvalue weighted by atomic mass is 10.2. The van der Waals surface area contributed by atoms with Crippen LogP contribution in [0.25, 0.3) is 5.69 Å². The summed E-state index contributed by atoms with van der Waals surface area (Å²) in [5.74, 6) is -0.630. The Balaban J connectivity index is 1.51.